The quantitative estimate of drug-likeness (QED) is 0.616. The molecule has 1 aromatic carbocycles. The van der Waals surface area contributed by atoms with Crippen molar-refractivity contribution in [1.82, 2.24) is 4.90 Å². The van der Waals surface area contributed by atoms with Crippen molar-refractivity contribution in [2.45, 2.75) is 13.8 Å². The highest BCUT2D eigenvalue weighted by Crippen LogP contribution is 2.40. The number of carbonyl (C=O) groups is 1. The first-order chi connectivity index (χ1) is 11.1. The van der Waals surface area contributed by atoms with Gasteiger partial charge in [-0.15, -0.1) is 0 Å². The molecule has 1 saturated heterocycles. The number of rotatable bonds is 3. The van der Waals surface area contributed by atoms with Gasteiger partial charge in [-0.1, -0.05) is 30.1 Å². The first kappa shape index (κ1) is 16.1. The van der Waals surface area contributed by atoms with Gasteiger partial charge < -0.3 is 9.64 Å². The van der Waals surface area contributed by atoms with Crippen molar-refractivity contribution < 1.29 is 9.53 Å². The molecule has 0 N–H and O–H groups in total. The molecule has 0 unspecified atom stereocenters. The third-order valence-electron chi connectivity index (χ3n) is 3.95. The Kier molecular flexibility index (Phi) is 4.46. The molecule has 120 valence electrons. The second kappa shape index (κ2) is 6.37. The Labute approximate surface area is 145 Å². The molecule has 0 spiro atoms. The number of likely N-dealkylation sites (N-methyl/N-ethyl adjacent to an activating group) is 2. The lowest BCUT2D eigenvalue weighted by Gasteiger charge is -2.30. The van der Waals surface area contributed by atoms with Gasteiger partial charge in [0.25, 0.3) is 5.91 Å². The Bertz CT molecular complexity index is 740. The molecule has 0 aliphatic carbocycles. The van der Waals surface area contributed by atoms with Crippen LogP contribution in [0.2, 0.25) is 0 Å². The summed E-state index contributed by atoms with van der Waals surface area (Å²) in [5.41, 5.74) is 3.08. The predicted octanol–water partition coefficient (Wildman–Crippen LogP) is 3.64. The maximum Gasteiger partial charge on any atom is 0.268 e. The van der Waals surface area contributed by atoms with Crippen molar-refractivity contribution >= 4 is 46.0 Å². The van der Waals surface area contributed by atoms with Gasteiger partial charge in [0.05, 0.1) is 12.8 Å². The summed E-state index contributed by atoms with van der Waals surface area (Å²) in [5, 5.41) is 0. The number of hydrogen-bond donors (Lipinski definition) is 0. The van der Waals surface area contributed by atoms with E-state index in [1.54, 1.807) is 12.0 Å². The number of allylic oxidation sites excluding steroid dienone is 1. The molecule has 2 aliphatic rings. The summed E-state index contributed by atoms with van der Waals surface area (Å²) in [7, 11) is 1.66. The van der Waals surface area contributed by atoms with Crippen LogP contribution in [0.1, 0.15) is 19.4 Å². The molecule has 3 rings (SSSR count). The monoisotopic (exact) mass is 346 g/mol. The molecule has 1 fully saturated rings. The Hall–Kier alpha value is -1.79. The first-order valence-corrected chi connectivity index (χ1v) is 8.74. The van der Waals surface area contributed by atoms with E-state index in [-0.39, 0.29) is 5.91 Å². The van der Waals surface area contributed by atoms with Crippen LogP contribution in [0.3, 0.4) is 0 Å². The Morgan fingerprint density at radius 2 is 1.91 bits per heavy atom. The molecule has 1 amide bonds. The van der Waals surface area contributed by atoms with E-state index in [1.165, 1.54) is 11.8 Å². The molecular weight excluding hydrogens is 328 g/mol. The molecule has 0 aromatic heterocycles. The molecular formula is C17H18N2O2S2. The van der Waals surface area contributed by atoms with Crippen LogP contribution in [0.5, 0.6) is 5.75 Å². The van der Waals surface area contributed by atoms with Crippen LogP contribution < -0.4 is 9.64 Å². The first-order valence-electron chi connectivity index (χ1n) is 7.52. The summed E-state index contributed by atoms with van der Waals surface area (Å²) in [5.74, 6) is 0.822. The molecule has 6 heteroatoms. The predicted molar refractivity (Wildman–Crippen MR) is 99.7 cm³/mol. The summed E-state index contributed by atoms with van der Waals surface area (Å²) in [6, 6.07) is 5.97. The lowest BCUT2D eigenvalue weighted by Crippen LogP contribution is -2.30. The number of ether oxygens (including phenoxy) is 1. The van der Waals surface area contributed by atoms with Crippen molar-refractivity contribution in [2.75, 3.05) is 25.1 Å². The van der Waals surface area contributed by atoms with Gasteiger partial charge in [0.1, 0.15) is 15.0 Å². The normalized spacial score (nSPS) is 20.3. The maximum absolute atomic E-state index is 12.6. The van der Waals surface area contributed by atoms with Gasteiger partial charge in [0, 0.05) is 24.3 Å². The summed E-state index contributed by atoms with van der Waals surface area (Å²) >= 11 is 6.71. The molecule has 2 heterocycles. The number of hydrogen-bond acceptors (Lipinski definition) is 5. The van der Waals surface area contributed by atoms with Gasteiger partial charge in [-0.2, -0.15) is 0 Å². The molecule has 1 aromatic rings. The molecule has 0 bridgehead atoms. The van der Waals surface area contributed by atoms with Crippen molar-refractivity contribution in [1.29, 1.82) is 0 Å². The van der Waals surface area contributed by atoms with Crippen LogP contribution in [0.4, 0.5) is 5.69 Å². The number of thiocarbonyl (C=S) groups is 1. The van der Waals surface area contributed by atoms with Crippen molar-refractivity contribution in [3.63, 3.8) is 0 Å². The largest absolute Gasteiger partial charge is 0.497 e. The average Bonchev–Trinajstić information content (AvgIpc) is 2.86. The van der Waals surface area contributed by atoms with Gasteiger partial charge in [0.2, 0.25) is 0 Å². The Balaban J connectivity index is 2.08. The summed E-state index contributed by atoms with van der Waals surface area (Å²) < 4.78 is 5.92. The van der Waals surface area contributed by atoms with Gasteiger partial charge in [0.15, 0.2) is 0 Å². The van der Waals surface area contributed by atoms with Crippen LogP contribution in [0.25, 0.3) is 6.08 Å². The van der Waals surface area contributed by atoms with Gasteiger partial charge in [-0.05, 0) is 38.1 Å². The van der Waals surface area contributed by atoms with E-state index in [0.717, 1.165) is 29.2 Å². The minimum atomic E-state index is -0.00226. The van der Waals surface area contributed by atoms with Crippen LogP contribution in [0.15, 0.2) is 34.9 Å². The minimum Gasteiger partial charge on any atom is -0.497 e. The number of benzene rings is 1. The molecule has 0 saturated carbocycles. The van der Waals surface area contributed by atoms with Crippen molar-refractivity contribution in [3.8, 4) is 5.75 Å². The highest BCUT2D eigenvalue weighted by atomic mass is 32.2. The van der Waals surface area contributed by atoms with Gasteiger partial charge in [-0.3, -0.25) is 9.69 Å². The zero-order chi connectivity index (χ0) is 16.6. The van der Waals surface area contributed by atoms with Gasteiger partial charge >= 0.3 is 0 Å². The Morgan fingerprint density at radius 3 is 2.52 bits per heavy atom. The lowest BCUT2D eigenvalue weighted by molar-refractivity contribution is -0.122. The lowest BCUT2D eigenvalue weighted by atomic mass is 10.0. The number of thioether (sulfide) groups is 1. The van der Waals surface area contributed by atoms with E-state index in [0.29, 0.717) is 15.8 Å². The van der Waals surface area contributed by atoms with Crippen LogP contribution >= 0.6 is 24.0 Å². The van der Waals surface area contributed by atoms with Crippen LogP contribution in [-0.2, 0) is 4.79 Å². The van der Waals surface area contributed by atoms with Crippen LogP contribution in [-0.4, -0.2) is 35.3 Å². The zero-order valence-corrected chi connectivity index (χ0v) is 15.0. The SMILES string of the molecule is CCN1C(=O)C(=C2C=Cc3cc(OC)ccc3N2CC)SC1=S. The fourth-order valence-electron chi connectivity index (χ4n) is 2.79. The standard InChI is InChI=1S/C17H18N2O2S2/c1-4-18-13-9-7-12(21-3)10-11(13)6-8-14(18)15-16(20)19(5-2)17(22)23-15/h6-10H,4-5H2,1-3H3. The van der Waals surface area contributed by atoms with E-state index in [2.05, 4.69) is 11.8 Å². The minimum absolute atomic E-state index is 0.00226. The highest BCUT2D eigenvalue weighted by molar-refractivity contribution is 8.26. The van der Waals surface area contributed by atoms with Crippen molar-refractivity contribution in [2.24, 2.45) is 0 Å². The fourth-order valence-corrected chi connectivity index (χ4v) is 4.23. The Morgan fingerprint density at radius 1 is 1.17 bits per heavy atom. The molecule has 0 atom stereocenters. The number of anilines is 1. The van der Waals surface area contributed by atoms with Gasteiger partial charge in [-0.25, -0.2) is 0 Å². The van der Waals surface area contributed by atoms with E-state index in [9.17, 15) is 4.79 Å². The number of carbonyl (C=O) groups excluding carboxylic acids is 1. The second-order valence-corrected chi connectivity index (χ2v) is 6.78. The fraction of sp³-hybridized carbons (Fsp3) is 0.294. The molecule has 4 nitrogen and oxygen atoms in total. The van der Waals surface area contributed by atoms with E-state index in [1.807, 2.05) is 37.3 Å². The smallest absolute Gasteiger partial charge is 0.268 e. The average molecular weight is 346 g/mol. The zero-order valence-electron chi connectivity index (χ0n) is 13.3. The summed E-state index contributed by atoms with van der Waals surface area (Å²) in [6.07, 6.45) is 4.02. The maximum atomic E-state index is 12.6. The summed E-state index contributed by atoms with van der Waals surface area (Å²) in [6.45, 7) is 5.39. The molecule has 23 heavy (non-hydrogen) atoms. The number of fused-ring (bicyclic) bond motifs is 1. The molecule has 0 radical (unpaired) electrons. The van der Waals surface area contributed by atoms with E-state index in [4.69, 9.17) is 17.0 Å². The number of nitrogens with zero attached hydrogens (tertiary/aromatic N) is 2. The summed E-state index contributed by atoms with van der Waals surface area (Å²) in [4.78, 5) is 17.1. The number of amides is 1. The van der Waals surface area contributed by atoms with E-state index < -0.39 is 0 Å². The highest BCUT2D eigenvalue weighted by Gasteiger charge is 2.35. The van der Waals surface area contributed by atoms with E-state index >= 15 is 0 Å². The molecule has 2 aliphatic heterocycles. The third-order valence-corrected chi connectivity index (χ3v) is 5.40. The van der Waals surface area contributed by atoms with Crippen LogP contribution in [0, 0.1) is 0 Å². The van der Waals surface area contributed by atoms with Crippen molar-refractivity contribution in [3.05, 3.63) is 40.4 Å². The topological polar surface area (TPSA) is 32.8 Å². The second-order valence-electron chi connectivity index (χ2n) is 5.13. The third kappa shape index (κ3) is 2.66. The number of methoxy groups -OCH3 is 1.